The molecule has 1 amide bonds. The summed E-state index contributed by atoms with van der Waals surface area (Å²) in [5.41, 5.74) is 0. The number of rotatable bonds is 7. The molecule has 0 aromatic carbocycles. The summed E-state index contributed by atoms with van der Waals surface area (Å²) in [7, 11) is 0. The van der Waals surface area contributed by atoms with E-state index in [2.05, 4.69) is 5.32 Å². The molecule has 1 aliphatic carbocycles. The van der Waals surface area contributed by atoms with Crippen molar-refractivity contribution in [1.82, 2.24) is 5.32 Å². The van der Waals surface area contributed by atoms with Crippen LogP contribution in [-0.2, 0) is 14.3 Å². The van der Waals surface area contributed by atoms with E-state index in [0.29, 0.717) is 26.0 Å². The molecular weight excluding hydrogens is 246 g/mol. The molecule has 1 rings (SSSR count). The molecule has 1 saturated carbocycles. The van der Waals surface area contributed by atoms with Gasteiger partial charge in [0.05, 0.1) is 12.0 Å². The van der Waals surface area contributed by atoms with Gasteiger partial charge in [0.25, 0.3) is 0 Å². The Hall–Kier alpha value is -1.10. The summed E-state index contributed by atoms with van der Waals surface area (Å²) >= 11 is 0. The van der Waals surface area contributed by atoms with E-state index in [4.69, 9.17) is 9.84 Å². The van der Waals surface area contributed by atoms with Crippen molar-refractivity contribution in [3.63, 3.8) is 0 Å². The summed E-state index contributed by atoms with van der Waals surface area (Å²) in [6.45, 7) is 5.19. The first kappa shape index (κ1) is 16.0. The van der Waals surface area contributed by atoms with Gasteiger partial charge in [-0.25, -0.2) is 0 Å². The summed E-state index contributed by atoms with van der Waals surface area (Å²) in [6, 6.07) is 0. The number of nitrogens with one attached hydrogen (secondary N) is 1. The molecule has 2 atom stereocenters. The van der Waals surface area contributed by atoms with Crippen LogP contribution >= 0.6 is 0 Å². The maximum absolute atomic E-state index is 11.9. The zero-order valence-corrected chi connectivity index (χ0v) is 11.9. The molecule has 0 radical (unpaired) electrons. The van der Waals surface area contributed by atoms with Crippen molar-refractivity contribution >= 4 is 11.9 Å². The lowest BCUT2D eigenvalue weighted by Crippen LogP contribution is -2.36. The molecule has 2 N–H and O–H groups in total. The third-order valence-electron chi connectivity index (χ3n) is 3.47. The number of carbonyl (C=O) groups excluding carboxylic acids is 1. The van der Waals surface area contributed by atoms with Crippen LogP contribution in [0.15, 0.2) is 0 Å². The van der Waals surface area contributed by atoms with Gasteiger partial charge in [-0.2, -0.15) is 0 Å². The van der Waals surface area contributed by atoms with Gasteiger partial charge >= 0.3 is 5.97 Å². The molecule has 1 aliphatic rings. The number of amides is 1. The maximum Gasteiger partial charge on any atom is 0.306 e. The number of hydrogen-bond acceptors (Lipinski definition) is 3. The number of carbonyl (C=O) groups is 2. The summed E-state index contributed by atoms with van der Waals surface area (Å²) in [6.07, 6.45) is 3.80. The summed E-state index contributed by atoms with van der Waals surface area (Å²) in [5, 5.41) is 11.9. The van der Waals surface area contributed by atoms with Gasteiger partial charge in [-0.15, -0.1) is 0 Å². The van der Waals surface area contributed by atoms with Crippen LogP contribution in [0.3, 0.4) is 0 Å². The second-order valence-electron chi connectivity index (χ2n) is 5.46. The molecule has 2 unspecified atom stereocenters. The Morgan fingerprint density at radius 3 is 2.63 bits per heavy atom. The highest BCUT2D eigenvalue weighted by molar-refractivity contribution is 5.80. The number of carboxylic acids is 1. The molecule has 1 fully saturated rings. The van der Waals surface area contributed by atoms with Crippen LogP contribution in [0.2, 0.25) is 0 Å². The monoisotopic (exact) mass is 271 g/mol. The predicted octanol–water partition coefficient (Wildman–Crippen LogP) is 1.81. The third kappa shape index (κ3) is 6.05. The molecule has 0 saturated heterocycles. The second kappa shape index (κ2) is 8.15. The third-order valence-corrected chi connectivity index (χ3v) is 3.47. The van der Waals surface area contributed by atoms with Gasteiger partial charge in [0, 0.05) is 19.1 Å². The first-order valence-corrected chi connectivity index (χ1v) is 7.12. The van der Waals surface area contributed by atoms with Gasteiger partial charge in [-0.1, -0.05) is 6.42 Å². The Morgan fingerprint density at radius 2 is 2.00 bits per heavy atom. The van der Waals surface area contributed by atoms with Crippen molar-refractivity contribution in [3.8, 4) is 0 Å². The van der Waals surface area contributed by atoms with Gasteiger partial charge in [0.2, 0.25) is 5.91 Å². The van der Waals surface area contributed by atoms with Crippen molar-refractivity contribution in [2.45, 2.75) is 52.1 Å². The highest BCUT2D eigenvalue weighted by Gasteiger charge is 2.30. The van der Waals surface area contributed by atoms with Crippen LogP contribution in [0.1, 0.15) is 46.0 Å². The van der Waals surface area contributed by atoms with Gasteiger partial charge in [0.15, 0.2) is 0 Å². The van der Waals surface area contributed by atoms with Crippen molar-refractivity contribution < 1.29 is 19.4 Å². The summed E-state index contributed by atoms with van der Waals surface area (Å²) in [5.74, 6) is -1.27. The fourth-order valence-electron chi connectivity index (χ4n) is 2.40. The average Bonchev–Trinajstić information content (AvgIpc) is 2.37. The second-order valence-corrected chi connectivity index (χ2v) is 5.46. The molecule has 0 aromatic heterocycles. The smallest absolute Gasteiger partial charge is 0.306 e. The number of ether oxygens (including phenoxy) is 1. The van der Waals surface area contributed by atoms with E-state index in [1.54, 1.807) is 0 Å². The maximum atomic E-state index is 11.9. The highest BCUT2D eigenvalue weighted by atomic mass is 16.5. The van der Waals surface area contributed by atoms with Crippen LogP contribution in [0.4, 0.5) is 0 Å². The molecule has 0 bridgehead atoms. The first-order valence-electron chi connectivity index (χ1n) is 7.12. The van der Waals surface area contributed by atoms with E-state index in [9.17, 15) is 9.59 Å². The zero-order valence-electron chi connectivity index (χ0n) is 11.9. The minimum Gasteiger partial charge on any atom is -0.481 e. The van der Waals surface area contributed by atoms with Gasteiger partial charge in [0.1, 0.15) is 0 Å². The van der Waals surface area contributed by atoms with Gasteiger partial charge < -0.3 is 15.2 Å². The van der Waals surface area contributed by atoms with E-state index in [-0.39, 0.29) is 23.8 Å². The average molecular weight is 271 g/mol. The van der Waals surface area contributed by atoms with Gasteiger partial charge in [-0.3, -0.25) is 9.59 Å². The van der Waals surface area contributed by atoms with E-state index in [1.165, 1.54) is 0 Å². The van der Waals surface area contributed by atoms with E-state index in [1.807, 2.05) is 13.8 Å². The zero-order chi connectivity index (χ0) is 14.3. The topological polar surface area (TPSA) is 75.6 Å². The molecular formula is C14H25NO4. The lowest BCUT2D eigenvalue weighted by molar-refractivity contribution is -0.144. The van der Waals surface area contributed by atoms with E-state index >= 15 is 0 Å². The van der Waals surface area contributed by atoms with Crippen LogP contribution < -0.4 is 5.32 Å². The number of aliphatic carboxylic acids is 1. The molecule has 0 heterocycles. The molecule has 0 aromatic rings. The number of hydrogen-bond donors (Lipinski definition) is 2. The standard InChI is InChI=1S/C14H25NO4/c1-10(2)19-8-4-7-15-13(16)11-5-3-6-12(9-11)14(17)18/h10-12H,3-9H2,1-2H3,(H,15,16)(H,17,18). The number of carboxylic acid groups (broad SMARTS) is 1. The lowest BCUT2D eigenvalue weighted by atomic mass is 9.81. The first-order chi connectivity index (χ1) is 9.00. The summed E-state index contributed by atoms with van der Waals surface area (Å²) < 4.78 is 5.39. The fourth-order valence-corrected chi connectivity index (χ4v) is 2.40. The van der Waals surface area contributed by atoms with Crippen molar-refractivity contribution in [2.24, 2.45) is 11.8 Å². The van der Waals surface area contributed by atoms with Crippen molar-refractivity contribution in [1.29, 1.82) is 0 Å². The Labute approximate surface area is 114 Å². The summed E-state index contributed by atoms with van der Waals surface area (Å²) in [4.78, 5) is 22.9. The molecule has 5 nitrogen and oxygen atoms in total. The Morgan fingerprint density at radius 1 is 1.32 bits per heavy atom. The van der Waals surface area contributed by atoms with Gasteiger partial charge in [-0.05, 0) is 39.5 Å². The van der Waals surface area contributed by atoms with Crippen LogP contribution in [0.5, 0.6) is 0 Å². The Balaban J connectivity index is 2.20. The van der Waals surface area contributed by atoms with Crippen LogP contribution in [0, 0.1) is 11.8 Å². The Bertz CT molecular complexity index is 304. The lowest BCUT2D eigenvalue weighted by Gasteiger charge is -2.25. The van der Waals surface area contributed by atoms with Crippen molar-refractivity contribution in [2.75, 3.05) is 13.2 Å². The normalized spacial score (nSPS) is 23.3. The highest BCUT2D eigenvalue weighted by Crippen LogP contribution is 2.29. The predicted molar refractivity (Wildman–Crippen MR) is 71.8 cm³/mol. The minimum absolute atomic E-state index is 0.00417. The van der Waals surface area contributed by atoms with Crippen molar-refractivity contribution in [3.05, 3.63) is 0 Å². The Kier molecular flexibility index (Phi) is 6.84. The molecule has 110 valence electrons. The van der Waals surface area contributed by atoms with E-state index in [0.717, 1.165) is 19.3 Å². The quantitative estimate of drug-likeness (QED) is 0.692. The fraction of sp³-hybridized carbons (Fsp3) is 0.857. The molecule has 5 heteroatoms. The largest absolute Gasteiger partial charge is 0.481 e. The SMILES string of the molecule is CC(C)OCCCNC(=O)C1CCCC(C(=O)O)C1. The molecule has 19 heavy (non-hydrogen) atoms. The van der Waals surface area contributed by atoms with Crippen LogP contribution in [0.25, 0.3) is 0 Å². The van der Waals surface area contributed by atoms with Crippen LogP contribution in [-0.4, -0.2) is 36.2 Å². The molecule has 0 spiro atoms. The molecule has 0 aliphatic heterocycles. The minimum atomic E-state index is -0.775. The van der Waals surface area contributed by atoms with E-state index < -0.39 is 5.97 Å².